The van der Waals surface area contributed by atoms with Crippen molar-refractivity contribution in [3.8, 4) is 0 Å². The number of aryl methyl sites for hydroxylation is 1. The summed E-state index contributed by atoms with van der Waals surface area (Å²) < 4.78 is 17.9. The Balaban J connectivity index is 2.01. The van der Waals surface area contributed by atoms with Crippen LogP contribution >= 0.6 is 11.8 Å². The van der Waals surface area contributed by atoms with Gasteiger partial charge in [-0.2, -0.15) is 0 Å². The monoisotopic (exact) mass is 575 g/mol. The highest BCUT2D eigenvalue weighted by Crippen LogP contribution is 2.48. The van der Waals surface area contributed by atoms with Crippen molar-refractivity contribution in [2.24, 2.45) is 29.6 Å². The molecular weight excluding hydrogens is 530 g/mol. The van der Waals surface area contributed by atoms with Gasteiger partial charge in [0.25, 0.3) is 0 Å². The summed E-state index contributed by atoms with van der Waals surface area (Å²) in [5, 5.41) is -0.617. The standard InChI is InChI=1S/C31H45NO7S/c1-9-23-31(7)24(27(29(36)39-31)40-15-13-22-12-10-11-14-32-22)20(4)25(33)18(2)16-30(6,37-8)17-19(3)26(34)21(5)28(35)38-23/h10-12,14,18-21,23-24,27H,9,13,15-17H2,1-8H3. The molecule has 222 valence electrons. The van der Waals surface area contributed by atoms with E-state index in [4.69, 9.17) is 14.2 Å². The Kier molecular flexibility index (Phi) is 10.6. The largest absolute Gasteiger partial charge is 0.458 e. The number of nitrogens with zero attached hydrogens (tertiary/aromatic N) is 1. The van der Waals surface area contributed by atoms with E-state index in [2.05, 4.69) is 4.98 Å². The first kappa shape index (κ1) is 32.3. The zero-order valence-corrected chi connectivity index (χ0v) is 25.9. The molecule has 1 aromatic rings. The number of carbonyl (C=O) groups excluding carboxylic acids is 4. The first-order valence-electron chi connectivity index (χ1n) is 14.3. The Bertz CT molecular complexity index is 1080. The second-order valence-electron chi connectivity index (χ2n) is 12.0. The van der Waals surface area contributed by atoms with Crippen LogP contribution in [0.15, 0.2) is 24.4 Å². The Morgan fingerprint density at radius 3 is 2.23 bits per heavy atom. The van der Waals surface area contributed by atoms with Gasteiger partial charge in [0.2, 0.25) is 0 Å². The quantitative estimate of drug-likeness (QED) is 0.347. The van der Waals surface area contributed by atoms with E-state index in [1.54, 1.807) is 34.1 Å². The number of methoxy groups -OCH3 is 1. The van der Waals surface area contributed by atoms with Gasteiger partial charge in [0.05, 0.1) is 5.60 Å². The fourth-order valence-corrected chi connectivity index (χ4v) is 8.08. The minimum Gasteiger partial charge on any atom is -0.458 e. The van der Waals surface area contributed by atoms with Gasteiger partial charge in [0.15, 0.2) is 5.60 Å². The van der Waals surface area contributed by atoms with Crippen LogP contribution in [0, 0.1) is 29.6 Å². The lowest BCUT2D eigenvalue weighted by molar-refractivity contribution is -0.183. The van der Waals surface area contributed by atoms with Crippen LogP contribution in [0.2, 0.25) is 0 Å². The summed E-state index contributed by atoms with van der Waals surface area (Å²) in [5.41, 5.74) is -1.06. The van der Waals surface area contributed by atoms with Crippen molar-refractivity contribution < 1.29 is 33.4 Å². The van der Waals surface area contributed by atoms with Crippen molar-refractivity contribution in [2.45, 2.75) is 96.7 Å². The van der Waals surface area contributed by atoms with E-state index < -0.39 is 58.2 Å². The average Bonchev–Trinajstić information content (AvgIpc) is 3.19. The number of hydrogen-bond acceptors (Lipinski definition) is 9. The number of cyclic esters (lactones) is 1. The summed E-state index contributed by atoms with van der Waals surface area (Å²) in [6, 6.07) is 5.72. The average molecular weight is 576 g/mol. The van der Waals surface area contributed by atoms with Gasteiger partial charge in [-0.05, 0) is 64.3 Å². The molecule has 0 bridgehead atoms. The van der Waals surface area contributed by atoms with E-state index in [1.807, 2.05) is 45.9 Å². The van der Waals surface area contributed by atoms with E-state index >= 15 is 0 Å². The van der Waals surface area contributed by atoms with Crippen LogP contribution in [0.1, 0.15) is 73.4 Å². The lowest BCUT2D eigenvalue weighted by atomic mass is 9.70. The van der Waals surface area contributed by atoms with E-state index in [9.17, 15) is 19.2 Å². The van der Waals surface area contributed by atoms with E-state index in [1.165, 1.54) is 11.8 Å². The molecule has 2 saturated heterocycles. The van der Waals surface area contributed by atoms with Gasteiger partial charge < -0.3 is 14.2 Å². The predicted molar refractivity (Wildman–Crippen MR) is 154 cm³/mol. The molecule has 2 aliphatic heterocycles. The summed E-state index contributed by atoms with van der Waals surface area (Å²) in [7, 11) is 1.58. The molecular formula is C31H45NO7S. The van der Waals surface area contributed by atoms with Crippen molar-refractivity contribution in [3.63, 3.8) is 0 Å². The molecule has 0 spiro atoms. The second kappa shape index (κ2) is 13.1. The first-order chi connectivity index (χ1) is 18.8. The van der Waals surface area contributed by atoms with E-state index in [0.717, 1.165) is 5.69 Å². The third-order valence-electron chi connectivity index (χ3n) is 8.90. The molecule has 9 atom stereocenters. The number of ketones is 2. The summed E-state index contributed by atoms with van der Waals surface area (Å²) in [6.07, 6.45) is 2.74. The smallest absolute Gasteiger partial charge is 0.320 e. The first-order valence-corrected chi connectivity index (χ1v) is 15.4. The molecule has 0 aliphatic carbocycles. The van der Waals surface area contributed by atoms with Gasteiger partial charge in [0, 0.05) is 42.7 Å². The lowest BCUT2D eigenvalue weighted by Gasteiger charge is -2.41. The van der Waals surface area contributed by atoms with Crippen molar-refractivity contribution >= 4 is 35.3 Å². The van der Waals surface area contributed by atoms with Crippen molar-refractivity contribution in [3.05, 3.63) is 30.1 Å². The topological polar surface area (TPSA) is 109 Å². The minimum absolute atomic E-state index is 0.00119. The zero-order chi connectivity index (χ0) is 29.8. The number of hydrogen-bond donors (Lipinski definition) is 0. The molecule has 3 rings (SSSR count). The van der Waals surface area contributed by atoms with Crippen LogP contribution in [0.3, 0.4) is 0 Å². The third-order valence-corrected chi connectivity index (χ3v) is 10.2. The van der Waals surface area contributed by atoms with Crippen LogP contribution in [0.4, 0.5) is 0 Å². The molecule has 40 heavy (non-hydrogen) atoms. The number of rotatable bonds is 6. The molecule has 8 nitrogen and oxygen atoms in total. The highest BCUT2D eigenvalue weighted by Gasteiger charge is 2.61. The molecule has 2 fully saturated rings. The maximum absolute atomic E-state index is 14.0. The van der Waals surface area contributed by atoms with Gasteiger partial charge in [-0.3, -0.25) is 24.2 Å². The Labute approximate surface area is 242 Å². The summed E-state index contributed by atoms with van der Waals surface area (Å²) in [4.78, 5) is 58.3. The van der Waals surface area contributed by atoms with Crippen LogP contribution in [-0.4, -0.2) is 63.9 Å². The predicted octanol–water partition coefficient (Wildman–Crippen LogP) is 4.86. The lowest BCUT2D eigenvalue weighted by Crippen LogP contribution is -2.53. The fourth-order valence-electron chi connectivity index (χ4n) is 6.60. The molecule has 0 radical (unpaired) electrons. The normalized spacial score (nSPS) is 37.9. The SMILES string of the molecule is CCC1OC(=O)C(C)C(=O)C(C)CC(C)(OC)CC(C)C(=O)C(C)C2C(SCCc3ccccn3)C(=O)OC12C. The number of esters is 2. The Hall–Kier alpha value is -2.26. The maximum Gasteiger partial charge on any atom is 0.320 e. The molecule has 3 heterocycles. The summed E-state index contributed by atoms with van der Waals surface area (Å²) in [5.74, 6) is -3.60. The Morgan fingerprint density at radius 1 is 1.00 bits per heavy atom. The summed E-state index contributed by atoms with van der Waals surface area (Å²) in [6.45, 7) is 12.6. The van der Waals surface area contributed by atoms with Gasteiger partial charge in [0.1, 0.15) is 28.8 Å². The molecule has 9 unspecified atom stereocenters. The van der Waals surface area contributed by atoms with Crippen LogP contribution in [-0.2, 0) is 39.8 Å². The van der Waals surface area contributed by atoms with Gasteiger partial charge in [-0.25, -0.2) is 0 Å². The van der Waals surface area contributed by atoms with Gasteiger partial charge in [-0.1, -0.05) is 33.8 Å². The second-order valence-corrected chi connectivity index (χ2v) is 13.3. The van der Waals surface area contributed by atoms with Gasteiger partial charge >= 0.3 is 11.9 Å². The summed E-state index contributed by atoms with van der Waals surface area (Å²) >= 11 is 1.46. The maximum atomic E-state index is 14.0. The van der Waals surface area contributed by atoms with Crippen LogP contribution < -0.4 is 0 Å². The van der Waals surface area contributed by atoms with E-state index in [-0.39, 0.29) is 17.5 Å². The fraction of sp³-hybridized carbons (Fsp3) is 0.710. The third kappa shape index (κ3) is 6.78. The number of thioether (sulfide) groups is 1. The number of fused-ring (bicyclic) bond motifs is 1. The number of ether oxygens (including phenoxy) is 3. The number of pyridine rings is 1. The van der Waals surface area contributed by atoms with Gasteiger partial charge in [-0.15, -0.1) is 11.8 Å². The molecule has 0 saturated carbocycles. The van der Waals surface area contributed by atoms with E-state index in [0.29, 0.717) is 31.4 Å². The number of Topliss-reactive ketones (excluding diaryl/α,β-unsaturated/α-hetero) is 2. The molecule has 2 aliphatic rings. The number of carbonyl (C=O) groups is 4. The highest BCUT2D eigenvalue weighted by atomic mass is 32.2. The molecule has 0 aromatic carbocycles. The Morgan fingerprint density at radius 2 is 1.65 bits per heavy atom. The zero-order valence-electron chi connectivity index (χ0n) is 25.1. The van der Waals surface area contributed by atoms with Crippen molar-refractivity contribution in [1.29, 1.82) is 0 Å². The molecule has 9 heteroatoms. The molecule has 1 aromatic heterocycles. The minimum atomic E-state index is -1.23. The van der Waals surface area contributed by atoms with Crippen LogP contribution in [0.5, 0.6) is 0 Å². The van der Waals surface area contributed by atoms with Crippen molar-refractivity contribution in [1.82, 2.24) is 4.98 Å². The molecule has 0 N–H and O–H groups in total. The number of aromatic nitrogens is 1. The highest BCUT2D eigenvalue weighted by molar-refractivity contribution is 8.00. The molecule has 0 amide bonds. The van der Waals surface area contributed by atoms with Crippen molar-refractivity contribution in [2.75, 3.05) is 12.9 Å². The van der Waals surface area contributed by atoms with Crippen LogP contribution in [0.25, 0.3) is 0 Å².